The summed E-state index contributed by atoms with van der Waals surface area (Å²) in [5.74, 6) is -0.861. The van der Waals surface area contributed by atoms with E-state index in [2.05, 4.69) is 9.62 Å². The number of carbonyl (C=O) groups is 1. The van der Waals surface area contributed by atoms with Crippen LogP contribution in [0.4, 0.5) is 0 Å². The summed E-state index contributed by atoms with van der Waals surface area (Å²) in [6.45, 7) is 3.13. The first-order valence-corrected chi connectivity index (χ1v) is 16.4. The summed E-state index contributed by atoms with van der Waals surface area (Å²) in [4.78, 5) is 13.4. The lowest BCUT2D eigenvalue weighted by Crippen LogP contribution is -2.45. The van der Waals surface area contributed by atoms with Crippen molar-refractivity contribution in [2.45, 2.75) is 82.0 Å². The lowest BCUT2D eigenvalue weighted by molar-refractivity contribution is -0.136. The second-order valence-corrected chi connectivity index (χ2v) is 12.9. The summed E-state index contributed by atoms with van der Waals surface area (Å²) in [5, 5.41) is 8.86. The van der Waals surface area contributed by atoms with Gasteiger partial charge in [0.05, 0.1) is 31.2 Å². The molecule has 0 aromatic heterocycles. The predicted molar refractivity (Wildman–Crippen MR) is 161 cm³/mol. The highest BCUT2D eigenvalue weighted by molar-refractivity contribution is 7.88. The van der Waals surface area contributed by atoms with Crippen LogP contribution in [-0.4, -0.2) is 69.4 Å². The molecule has 2 aromatic rings. The van der Waals surface area contributed by atoms with E-state index in [9.17, 15) is 13.2 Å². The Hall–Kier alpha value is -2.56. The van der Waals surface area contributed by atoms with E-state index >= 15 is 0 Å². The van der Waals surface area contributed by atoms with Crippen molar-refractivity contribution in [1.82, 2.24) is 9.62 Å². The van der Waals surface area contributed by atoms with E-state index in [1.54, 1.807) is 0 Å². The van der Waals surface area contributed by atoms with Crippen molar-refractivity contribution in [1.29, 1.82) is 0 Å². The Morgan fingerprint density at radius 1 is 1.00 bits per heavy atom. The molecule has 41 heavy (non-hydrogen) atoms. The molecule has 1 heterocycles. The molecule has 9 heteroatoms. The summed E-state index contributed by atoms with van der Waals surface area (Å²) in [5.41, 5.74) is 3.68. The van der Waals surface area contributed by atoms with E-state index in [1.165, 1.54) is 32.7 Å². The van der Waals surface area contributed by atoms with E-state index in [0.29, 0.717) is 25.7 Å². The average molecular weight is 585 g/mol. The highest BCUT2D eigenvalue weighted by Crippen LogP contribution is 2.32. The minimum Gasteiger partial charge on any atom is -0.481 e. The molecular weight excluding hydrogens is 540 g/mol. The number of nitrogens with zero attached hydrogens (tertiary/aromatic N) is 1. The number of likely N-dealkylation sites (tertiary alicyclic amines) is 1. The maximum atomic E-state index is 12.2. The number of ether oxygens (including phenoxy) is 2. The Bertz CT molecular complexity index is 1240. The molecule has 0 radical (unpaired) electrons. The highest BCUT2D eigenvalue weighted by Gasteiger charge is 2.40. The van der Waals surface area contributed by atoms with Crippen molar-refractivity contribution < 1.29 is 27.8 Å². The minimum atomic E-state index is -3.38. The van der Waals surface area contributed by atoms with Crippen molar-refractivity contribution in [3.05, 3.63) is 71.8 Å². The van der Waals surface area contributed by atoms with Gasteiger partial charge in [-0.05, 0) is 74.5 Å². The number of hydrogen-bond donors (Lipinski definition) is 2. The van der Waals surface area contributed by atoms with Gasteiger partial charge in [-0.2, -0.15) is 0 Å². The minimum absolute atomic E-state index is 0.0113. The molecule has 0 spiro atoms. The third-order valence-electron chi connectivity index (χ3n) is 8.08. The first-order chi connectivity index (χ1) is 19.9. The van der Waals surface area contributed by atoms with Gasteiger partial charge < -0.3 is 14.6 Å². The van der Waals surface area contributed by atoms with Gasteiger partial charge in [-0.15, -0.1) is 0 Å². The third kappa shape index (κ3) is 9.48. The van der Waals surface area contributed by atoms with E-state index in [1.807, 2.05) is 60.7 Å². The first kappa shape index (κ1) is 31.4. The van der Waals surface area contributed by atoms with Gasteiger partial charge in [-0.3, -0.25) is 9.69 Å². The molecular formula is C32H44N2O6S. The second kappa shape index (κ2) is 15.6. The van der Waals surface area contributed by atoms with E-state index < -0.39 is 16.0 Å². The van der Waals surface area contributed by atoms with E-state index in [4.69, 9.17) is 14.6 Å². The lowest BCUT2D eigenvalue weighted by Gasteiger charge is -2.33. The number of benzene rings is 2. The fourth-order valence-electron chi connectivity index (χ4n) is 5.87. The maximum absolute atomic E-state index is 12.2. The molecule has 2 aromatic carbocycles. The first-order valence-electron chi connectivity index (χ1n) is 14.8. The maximum Gasteiger partial charge on any atom is 0.303 e. The summed E-state index contributed by atoms with van der Waals surface area (Å²) in [6.07, 6.45) is 11.4. The predicted octanol–water partition coefficient (Wildman–Crippen LogP) is 5.13. The Kier molecular flexibility index (Phi) is 11.9. The van der Waals surface area contributed by atoms with Crippen LogP contribution in [0.15, 0.2) is 60.7 Å². The molecule has 8 nitrogen and oxygen atoms in total. The van der Waals surface area contributed by atoms with Gasteiger partial charge in [0, 0.05) is 12.5 Å². The normalized spacial score (nSPS) is 22.2. The lowest BCUT2D eigenvalue weighted by atomic mass is 10.00. The number of carboxylic acid groups (broad SMARTS) is 1. The topological polar surface area (TPSA) is 105 Å². The van der Waals surface area contributed by atoms with Gasteiger partial charge in [0.15, 0.2) is 0 Å². The van der Waals surface area contributed by atoms with Crippen LogP contribution in [-0.2, 0) is 36.7 Å². The quantitative estimate of drug-likeness (QED) is 0.297. The zero-order valence-electron chi connectivity index (χ0n) is 24.0. The highest BCUT2D eigenvalue weighted by atomic mass is 32.2. The van der Waals surface area contributed by atoms with Crippen LogP contribution in [0.3, 0.4) is 0 Å². The summed E-state index contributed by atoms with van der Waals surface area (Å²) in [7, 11) is -1.95. The molecule has 2 fully saturated rings. The van der Waals surface area contributed by atoms with Crippen LogP contribution in [0.1, 0.15) is 62.5 Å². The number of hydrogen-bond acceptors (Lipinski definition) is 6. The van der Waals surface area contributed by atoms with Crippen LogP contribution in [0, 0.1) is 0 Å². The summed E-state index contributed by atoms with van der Waals surface area (Å²) >= 11 is 0. The van der Waals surface area contributed by atoms with Crippen LogP contribution in [0.25, 0.3) is 11.1 Å². The summed E-state index contributed by atoms with van der Waals surface area (Å²) < 4.78 is 39.6. The molecule has 0 unspecified atom stereocenters. The van der Waals surface area contributed by atoms with Gasteiger partial charge in [-0.25, -0.2) is 13.1 Å². The Morgan fingerprint density at radius 2 is 1.73 bits per heavy atom. The van der Waals surface area contributed by atoms with Gasteiger partial charge in [-0.1, -0.05) is 73.5 Å². The molecule has 2 aliphatic rings. The molecule has 3 atom stereocenters. The fraction of sp³-hybridized carbons (Fsp3) is 0.531. The van der Waals surface area contributed by atoms with Crippen molar-refractivity contribution in [3.8, 4) is 11.1 Å². The monoisotopic (exact) mass is 584 g/mol. The zero-order chi connectivity index (χ0) is 29.1. The molecule has 224 valence electrons. The average Bonchev–Trinajstić information content (AvgIpc) is 3.17. The Labute approximate surface area is 244 Å². The standard InChI is InChI=1S/C32H44N2O6S/c1-33-41(37,38)24-27-11-6-7-12-28(27)26-16-14-25(15-17-26)23-40-30-19-18-29(34-20-8-2-3-9-21-34)32(30)39-22-10-4-5-13-31(35)36/h4,6-7,10-12,14-17,29-30,32-33H,2-3,5,8-9,13,18-24H2,1H3,(H,35,36)/b10-4-/t29-,30+,32+/m0/s1. The van der Waals surface area contributed by atoms with E-state index in [-0.39, 0.29) is 24.4 Å². The van der Waals surface area contributed by atoms with Gasteiger partial charge in [0.1, 0.15) is 0 Å². The van der Waals surface area contributed by atoms with E-state index in [0.717, 1.165) is 48.2 Å². The molecule has 1 aliphatic heterocycles. The van der Waals surface area contributed by atoms with Crippen molar-refractivity contribution in [3.63, 3.8) is 0 Å². The SMILES string of the molecule is CNS(=O)(=O)Cc1ccccc1-c1ccc(CO[C@@H]2CC[C@H](N3CCCCCC3)[C@H]2OC/C=C\CCC(=O)O)cc1. The number of nitrogens with one attached hydrogen (secondary N) is 1. The Morgan fingerprint density at radius 3 is 2.44 bits per heavy atom. The van der Waals surface area contributed by atoms with Crippen molar-refractivity contribution in [2.75, 3.05) is 26.7 Å². The number of rotatable bonds is 14. The van der Waals surface area contributed by atoms with Gasteiger partial charge >= 0.3 is 5.97 Å². The number of allylic oxidation sites excluding steroid dienone is 1. The molecule has 4 rings (SSSR count). The van der Waals surface area contributed by atoms with Crippen LogP contribution >= 0.6 is 0 Å². The van der Waals surface area contributed by atoms with Gasteiger partial charge in [0.2, 0.25) is 10.0 Å². The third-order valence-corrected chi connectivity index (χ3v) is 9.39. The van der Waals surface area contributed by atoms with Crippen molar-refractivity contribution >= 4 is 16.0 Å². The molecule has 1 saturated carbocycles. The van der Waals surface area contributed by atoms with Crippen LogP contribution < -0.4 is 4.72 Å². The smallest absolute Gasteiger partial charge is 0.303 e. The van der Waals surface area contributed by atoms with Crippen molar-refractivity contribution in [2.24, 2.45) is 0 Å². The number of sulfonamides is 1. The Balaban J connectivity index is 1.39. The molecule has 0 bridgehead atoms. The zero-order valence-corrected chi connectivity index (χ0v) is 24.9. The summed E-state index contributed by atoms with van der Waals surface area (Å²) in [6, 6.07) is 16.0. The largest absolute Gasteiger partial charge is 0.481 e. The van der Waals surface area contributed by atoms with Gasteiger partial charge in [0.25, 0.3) is 0 Å². The molecule has 1 aliphatic carbocycles. The van der Waals surface area contributed by atoms with Crippen LogP contribution in [0.2, 0.25) is 0 Å². The van der Waals surface area contributed by atoms with Crippen LogP contribution in [0.5, 0.6) is 0 Å². The fourth-order valence-corrected chi connectivity index (χ4v) is 6.68. The molecule has 0 amide bonds. The second-order valence-electron chi connectivity index (χ2n) is 11.0. The number of aliphatic carboxylic acids is 1. The molecule has 2 N–H and O–H groups in total. The molecule has 1 saturated heterocycles. The number of carboxylic acids is 1.